The second-order valence-electron chi connectivity index (χ2n) is 4.49. The lowest BCUT2D eigenvalue weighted by Gasteiger charge is -2.04. The number of hydrogen-bond donors (Lipinski definition) is 0. The highest BCUT2D eigenvalue weighted by molar-refractivity contribution is 7.20. The van der Waals surface area contributed by atoms with Crippen LogP contribution in [0.1, 0.15) is 11.3 Å². The fraction of sp³-hybridized carbons (Fsp3) is 0.200. The molecule has 0 N–H and O–H groups in total. The van der Waals surface area contributed by atoms with Crippen LogP contribution in [0.4, 0.5) is 0 Å². The predicted molar refractivity (Wildman–Crippen MR) is 81.3 cm³/mol. The molecule has 108 valence electrons. The molecule has 1 aliphatic rings. The van der Waals surface area contributed by atoms with E-state index < -0.39 is 18.0 Å². The molecule has 1 aromatic heterocycles. The number of cyclic esters (lactones) is 1. The molecule has 1 atom stereocenters. The molecule has 2 aromatic rings. The van der Waals surface area contributed by atoms with Gasteiger partial charge >= 0.3 is 11.9 Å². The Balaban J connectivity index is 1.73. The van der Waals surface area contributed by atoms with E-state index in [0.29, 0.717) is 18.1 Å². The van der Waals surface area contributed by atoms with Crippen molar-refractivity contribution in [3.8, 4) is 0 Å². The van der Waals surface area contributed by atoms with Crippen molar-refractivity contribution in [2.75, 3.05) is 6.61 Å². The number of hydrogen-bond acceptors (Lipinski definition) is 5. The summed E-state index contributed by atoms with van der Waals surface area (Å²) in [5.74, 6) is -1.07. The van der Waals surface area contributed by atoms with Gasteiger partial charge in [0.05, 0.1) is 11.6 Å². The Morgan fingerprint density at radius 1 is 1.43 bits per heavy atom. The Kier molecular flexibility index (Phi) is 3.94. The summed E-state index contributed by atoms with van der Waals surface area (Å²) >= 11 is 7.76. The van der Waals surface area contributed by atoms with Gasteiger partial charge in [-0.05, 0) is 12.1 Å². The molecule has 0 saturated carbocycles. The quantitative estimate of drug-likeness (QED) is 0.641. The van der Waals surface area contributed by atoms with Crippen molar-refractivity contribution in [3.63, 3.8) is 0 Å². The molecule has 0 spiro atoms. The van der Waals surface area contributed by atoms with Gasteiger partial charge < -0.3 is 9.47 Å². The van der Waals surface area contributed by atoms with Crippen molar-refractivity contribution in [1.29, 1.82) is 0 Å². The maximum absolute atomic E-state index is 11.7. The Morgan fingerprint density at radius 2 is 2.24 bits per heavy atom. The molecule has 1 saturated heterocycles. The van der Waals surface area contributed by atoms with E-state index in [-0.39, 0.29) is 0 Å². The van der Waals surface area contributed by atoms with Crippen LogP contribution in [0.25, 0.3) is 16.2 Å². The molecule has 6 heteroatoms. The minimum atomic E-state index is -0.792. The van der Waals surface area contributed by atoms with Crippen molar-refractivity contribution in [1.82, 2.24) is 0 Å². The van der Waals surface area contributed by atoms with Crippen molar-refractivity contribution in [3.05, 3.63) is 40.2 Å². The molecule has 3 rings (SSSR count). The lowest BCUT2D eigenvalue weighted by atomic mass is 10.2. The van der Waals surface area contributed by atoms with E-state index in [1.807, 2.05) is 24.3 Å². The lowest BCUT2D eigenvalue weighted by Crippen LogP contribution is -2.21. The van der Waals surface area contributed by atoms with Crippen LogP contribution >= 0.6 is 22.9 Å². The Morgan fingerprint density at radius 3 is 2.95 bits per heavy atom. The molecule has 21 heavy (non-hydrogen) atoms. The summed E-state index contributed by atoms with van der Waals surface area (Å²) < 4.78 is 10.8. The molecule has 2 heterocycles. The maximum Gasteiger partial charge on any atom is 0.347 e. The zero-order valence-electron chi connectivity index (χ0n) is 10.9. The fourth-order valence-electron chi connectivity index (χ4n) is 2.05. The summed E-state index contributed by atoms with van der Waals surface area (Å²) in [4.78, 5) is 23.7. The van der Waals surface area contributed by atoms with Gasteiger partial charge in [0.2, 0.25) is 6.10 Å². The van der Waals surface area contributed by atoms with Gasteiger partial charge in [-0.25, -0.2) is 9.59 Å². The van der Waals surface area contributed by atoms with E-state index in [1.165, 1.54) is 17.4 Å². The van der Waals surface area contributed by atoms with Gasteiger partial charge in [0.1, 0.15) is 0 Å². The second kappa shape index (κ2) is 5.87. The molecular formula is C15H11ClO4S. The van der Waals surface area contributed by atoms with Gasteiger partial charge in [-0.1, -0.05) is 29.8 Å². The largest absolute Gasteiger partial charge is 0.463 e. The first-order chi connectivity index (χ1) is 10.1. The number of thiophene rings is 1. The first-order valence-electron chi connectivity index (χ1n) is 6.37. The van der Waals surface area contributed by atoms with E-state index in [1.54, 1.807) is 6.08 Å². The molecule has 0 unspecified atom stereocenters. The number of fused-ring (bicyclic) bond motifs is 1. The van der Waals surface area contributed by atoms with Crippen LogP contribution in [0.5, 0.6) is 0 Å². The zero-order chi connectivity index (χ0) is 14.8. The number of halogens is 1. The van der Waals surface area contributed by atoms with Gasteiger partial charge in [-0.15, -0.1) is 11.3 Å². The summed E-state index contributed by atoms with van der Waals surface area (Å²) in [6, 6.07) is 7.74. The average molecular weight is 323 g/mol. The molecule has 4 nitrogen and oxygen atoms in total. The third kappa shape index (κ3) is 2.94. The highest BCUT2D eigenvalue weighted by atomic mass is 35.5. The Labute approximate surface area is 129 Å². The van der Waals surface area contributed by atoms with Crippen LogP contribution in [0, 0.1) is 0 Å². The van der Waals surface area contributed by atoms with Crippen molar-refractivity contribution in [2.45, 2.75) is 12.5 Å². The van der Waals surface area contributed by atoms with E-state index in [2.05, 4.69) is 0 Å². The average Bonchev–Trinajstić information content (AvgIpc) is 3.02. The number of carbonyl (C=O) groups excluding carboxylic acids is 2. The third-order valence-electron chi connectivity index (χ3n) is 3.08. The van der Waals surface area contributed by atoms with Gasteiger partial charge in [0.15, 0.2) is 0 Å². The second-order valence-corrected chi connectivity index (χ2v) is 5.95. The smallest absolute Gasteiger partial charge is 0.347 e. The lowest BCUT2D eigenvalue weighted by molar-refractivity contribution is -0.156. The SMILES string of the molecule is O=C(/C=C/c1sc2ccccc2c1Cl)O[C@H]1CCOC1=O. The summed E-state index contributed by atoms with van der Waals surface area (Å²) in [7, 11) is 0. The van der Waals surface area contributed by atoms with Gasteiger partial charge in [-0.3, -0.25) is 0 Å². The van der Waals surface area contributed by atoms with Crippen molar-refractivity contribution < 1.29 is 19.1 Å². The molecule has 1 aliphatic heterocycles. The standard InChI is InChI=1S/C15H11ClO4S/c16-14-9-3-1-2-4-11(9)21-12(14)5-6-13(17)20-10-7-8-19-15(10)18/h1-6,10H,7-8H2/b6-5+/t10-/m0/s1. The molecular weight excluding hydrogens is 312 g/mol. The minimum absolute atomic E-state index is 0.294. The summed E-state index contributed by atoms with van der Waals surface area (Å²) in [5.41, 5.74) is 0. The number of rotatable bonds is 3. The predicted octanol–water partition coefficient (Wildman–Crippen LogP) is 3.43. The maximum atomic E-state index is 11.7. The summed E-state index contributed by atoms with van der Waals surface area (Å²) in [5, 5.41) is 1.57. The Bertz CT molecular complexity index is 734. The molecule has 0 bridgehead atoms. The van der Waals surface area contributed by atoms with Gasteiger partial charge in [0, 0.05) is 27.5 Å². The molecule has 1 fully saturated rings. The highest BCUT2D eigenvalue weighted by Crippen LogP contribution is 2.35. The first-order valence-corrected chi connectivity index (χ1v) is 7.57. The fourth-order valence-corrected chi connectivity index (χ4v) is 3.45. The molecule has 0 amide bonds. The molecule has 1 aromatic carbocycles. The van der Waals surface area contributed by atoms with Crippen LogP contribution in [0.3, 0.4) is 0 Å². The normalized spacial score (nSPS) is 18.3. The van der Waals surface area contributed by atoms with Crippen LogP contribution < -0.4 is 0 Å². The van der Waals surface area contributed by atoms with Crippen LogP contribution in [0.2, 0.25) is 5.02 Å². The van der Waals surface area contributed by atoms with Crippen LogP contribution in [-0.2, 0) is 19.1 Å². The monoisotopic (exact) mass is 322 g/mol. The molecule has 0 aliphatic carbocycles. The van der Waals surface area contributed by atoms with Crippen LogP contribution in [-0.4, -0.2) is 24.6 Å². The number of ether oxygens (including phenoxy) is 2. The van der Waals surface area contributed by atoms with E-state index >= 15 is 0 Å². The number of benzene rings is 1. The van der Waals surface area contributed by atoms with Crippen molar-refractivity contribution in [2.24, 2.45) is 0 Å². The number of carbonyl (C=O) groups is 2. The summed E-state index contributed by atoms with van der Waals surface area (Å²) in [6.07, 6.45) is 2.50. The topological polar surface area (TPSA) is 52.6 Å². The summed E-state index contributed by atoms with van der Waals surface area (Å²) in [6.45, 7) is 0.294. The minimum Gasteiger partial charge on any atom is -0.463 e. The highest BCUT2D eigenvalue weighted by Gasteiger charge is 2.29. The van der Waals surface area contributed by atoms with Gasteiger partial charge in [0.25, 0.3) is 0 Å². The zero-order valence-corrected chi connectivity index (χ0v) is 12.4. The van der Waals surface area contributed by atoms with Crippen molar-refractivity contribution >= 4 is 51.0 Å². The van der Waals surface area contributed by atoms with E-state index in [4.69, 9.17) is 21.1 Å². The van der Waals surface area contributed by atoms with E-state index in [0.717, 1.165) is 15.0 Å². The van der Waals surface area contributed by atoms with Crippen LogP contribution in [0.15, 0.2) is 30.3 Å². The Hall–Kier alpha value is -1.85. The van der Waals surface area contributed by atoms with Gasteiger partial charge in [-0.2, -0.15) is 0 Å². The number of esters is 2. The molecule has 0 radical (unpaired) electrons. The van der Waals surface area contributed by atoms with E-state index in [9.17, 15) is 9.59 Å². The first kappa shape index (κ1) is 14.1. The third-order valence-corrected chi connectivity index (χ3v) is 4.73.